The van der Waals surface area contributed by atoms with Crippen LogP contribution in [0.25, 0.3) is 0 Å². The molecule has 0 aliphatic carbocycles. The fourth-order valence-electron chi connectivity index (χ4n) is 1.44. The predicted molar refractivity (Wildman–Crippen MR) is 86.7 cm³/mol. The fraction of sp³-hybridized carbons (Fsp3) is 0.250. The monoisotopic (exact) mass is 355 g/mol. The van der Waals surface area contributed by atoms with Gasteiger partial charge in [0, 0.05) is 6.07 Å². The van der Waals surface area contributed by atoms with Crippen LogP contribution in [-0.4, -0.2) is 39.2 Å². The number of carbonyl (C=O) groups is 2. The SMILES string of the molecule is CCOC(=O)c1cnc(NC(=O)CSc2nc(N)cc(=O)[nH]2)s1. The summed E-state index contributed by atoms with van der Waals surface area (Å²) in [5.41, 5.74) is 5.06. The number of esters is 1. The van der Waals surface area contributed by atoms with E-state index in [4.69, 9.17) is 10.5 Å². The predicted octanol–water partition coefficient (Wildman–Crippen LogP) is 0.716. The maximum Gasteiger partial charge on any atom is 0.350 e. The van der Waals surface area contributed by atoms with Crippen LogP contribution in [0.2, 0.25) is 0 Å². The van der Waals surface area contributed by atoms with Gasteiger partial charge >= 0.3 is 5.97 Å². The molecule has 122 valence electrons. The second-order valence-corrected chi connectivity index (χ2v) is 6.06. The van der Waals surface area contributed by atoms with Crippen molar-refractivity contribution in [2.75, 3.05) is 23.4 Å². The molecule has 0 unspecified atom stereocenters. The minimum absolute atomic E-state index is 0.000707. The second-order valence-electron chi connectivity index (χ2n) is 4.06. The van der Waals surface area contributed by atoms with E-state index in [0.29, 0.717) is 4.88 Å². The Morgan fingerprint density at radius 3 is 3.00 bits per heavy atom. The molecule has 2 heterocycles. The Labute approximate surface area is 138 Å². The van der Waals surface area contributed by atoms with Gasteiger partial charge in [-0.15, -0.1) is 0 Å². The van der Waals surface area contributed by atoms with Crippen molar-refractivity contribution in [1.82, 2.24) is 15.0 Å². The van der Waals surface area contributed by atoms with Gasteiger partial charge in [-0.3, -0.25) is 9.59 Å². The summed E-state index contributed by atoms with van der Waals surface area (Å²) in [5.74, 6) is -0.761. The van der Waals surface area contributed by atoms with E-state index in [2.05, 4.69) is 20.3 Å². The molecule has 11 heteroatoms. The number of aromatic nitrogens is 3. The number of nitrogens with one attached hydrogen (secondary N) is 2. The minimum Gasteiger partial charge on any atom is -0.462 e. The van der Waals surface area contributed by atoms with Gasteiger partial charge in [0.1, 0.15) is 10.7 Å². The van der Waals surface area contributed by atoms with Gasteiger partial charge in [-0.25, -0.2) is 14.8 Å². The van der Waals surface area contributed by atoms with E-state index in [1.165, 1.54) is 6.20 Å². The summed E-state index contributed by atoms with van der Waals surface area (Å²) in [6.07, 6.45) is 1.34. The van der Waals surface area contributed by atoms with E-state index in [9.17, 15) is 14.4 Å². The molecule has 0 bridgehead atoms. The van der Waals surface area contributed by atoms with Crippen molar-refractivity contribution in [2.24, 2.45) is 0 Å². The zero-order valence-corrected chi connectivity index (χ0v) is 13.6. The Bertz CT molecular complexity index is 773. The smallest absolute Gasteiger partial charge is 0.350 e. The van der Waals surface area contributed by atoms with E-state index in [1.54, 1.807) is 6.92 Å². The normalized spacial score (nSPS) is 10.3. The molecule has 2 aromatic rings. The molecule has 4 N–H and O–H groups in total. The van der Waals surface area contributed by atoms with Crippen molar-refractivity contribution < 1.29 is 14.3 Å². The van der Waals surface area contributed by atoms with Crippen LogP contribution in [0.1, 0.15) is 16.6 Å². The van der Waals surface area contributed by atoms with Gasteiger partial charge in [0.25, 0.3) is 5.56 Å². The van der Waals surface area contributed by atoms with E-state index >= 15 is 0 Å². The number of H-pyrrole nitrogens is 1. The number of nitrogens with two attached hydrogens (primary N) is 1. The van der Waals surface area contributed by atoms with Gasteiger partial charge < -0.3 is 20.8 Å². The summed E-state index contributed by atoms with van der Waals surface area (Å²) in [6.45, 7) is 1.97. The molecular weight excluding hydrogens is 342 g/mol. The first-order valence-corrected chi connectivity index (χ1v) is 8.20. The van der Waals surface area contributed by atoms with E-state index < -0.39 is 5.97 Å². The molecule has 1 amide bonds. The highest BCUT2D eigenvalue weighted by atomic mass is 32.2. The van der Waals surface area contributed by atoms with E-state index in [1.807, 2.05) is 0 Å². The van der Waals surface area contributed by atoms with Crippen LogP contribution >= 0.6 is 23.1 Å². The van der Waals surface area contributed by atoms with Crippen LogP contribution in [-0.2, 0) is 9.53 Å². The standard InChI is InChI=1S/C12H13N5O4S2/c1-2-21-10(20)6-4-14-11(23-6)17-9(19)5-22-12-15-7(13)3-8(18)16-12/h3-4H,2,5H2,1H3,(H,14,17,19)(H3,13,15,16,18). The Morgan fingerprint density at radius 1 is 1.52 bits per heavy atom. The number of rotatable bonds is 6. The van der Waals surface area contributed by atoms with Crippen molar-refractivity contribution in [1.29, 1.82) is 0 Å². The van der Waals surface area contributed by atoms with Crippen LogP contribution < -0.4 is 16.6 Å². The lowest BCUT2D eigenvalue weighted by molar-refractivity contribution is -0.113. The number of hydrogen-bond donors (Lipinski definition) is 3. The van der Waals surface area contributed by atoms with Gasteiger partial charge in [-0.2, -0.15) is 0 Å². The quantitative estimate of drug-likeness (QED) is 0.391. The molecule has 0 fully saturated rings. The van der Waals surface area contributed by atoms with Crippen molar-refractivity contribution in [2.45, 2.75) is 12.1 Å². The van der Waals surface area contributed by atoms with Gasteiger partial charge in [-0.05, 0) is 6.92 Å². The number of ether oxygens (including phenoxy) is 1. The number of nitrogen functional groups attached to an aromatic ring is 1. The number of carbonyl (C=O) groups excluding carboxylic acids is 2. The van der Waals surface area contributed by atoms with Crippen molar-refractivity contribution in [3.63, 3.8) is 0 Å². The molecule has 9 nitrogen and oxygen atoms in total. The third kappa shape index (κ3) is 5.07. The first-order valence-electron chi connectivity index (χ1n) is 6.40. The average molecular weight is 355 g/mol. The number of amides is 1. The van der Waals surface area contributed by atoms with Crippen LogP contribution in [0.3, 0.4) is 0 Å². The molecule has 0 atom stereocenters. The summed E-state index contributed by atoms with van der Waals surface area (Å²) in [5, 5.41) is 3.08. The molecule has 0 aliphatic rings. The highest BCUT2D eigenvalue weighted by Gasteiger charge is 2.13. The number of hydrogen-bond acceptors (Lipinski definition) is 9. The lowest BCUT2D eigenvalue weighted by atomic mass is 10.6. The molecule has 23 heavy (non-hydrogen) atoms. The Hall–Kier alpha value is -2.40. The Kier molecular flexibility index (Phi) is 5.71. The molecule has 2 aromatic heterocycles. The number of nitrogens with zero attached hydrogens (tertiary/aromatic N) is 2. The molecule has 0 saturated carbocycles. The Balaban J connectivity index is 1.90. The van der Waals surface area contributed by atoms with Gasteiger partial charge in [0.15, 0.2) is 10.3 Å². The first-order chi connectivity index (χ1) is 11.0. The third-order valence-electron chi connectivity index (χ3n) is 2.31. The summed E-state index contributed by atoms with van der Waals surface area (Å²) < 4.78 is 4.83. The Morgan fingerprint density at radius 2 is 2.30 bits per heavy atom. The third-order valence-corrected chi connectivity index (χ3v) is 4.07. The number of thiazole rings is 1. The highest BCUT2D eigenvalue weighted by Crippen LogP contribution is 2.20. The molecule has 0 radical (unpaired) electrons. The van der Waals surface area contributed by atoms with Crippen LogP contribution in [0.5, 0.6) is 0 Å². The van der Waals surface area contributed by atoms with Crippen molar-refractivity contribution >= 4 is 45.9 Å². The lowest BCUT2D eigenvalue weighted by Gasteiger charge is -2.02. The fourth-order valence-corrected chi connectivity index (χ4v) is 2.85. The maximum atomic E-state index is 11.8. The first kappa shape index (κ1) is 17.0. The van der Waals surface area contributed by atoms with E-state index in [0.717, 1.165) is 29.2 Å². The zero-order valence-electron chi connectivity index (χ0n) is 12.0. The topological polar surface area (TPSA) is 140 Å². The molecule has 0 aliphatic heterocycles. The summed E-state index contributed by atoms with van der Waals surface area (Å²) >= 11 is 2.04. The van der Waals surface area contributed by atoms with Crippen molar-refractivity contribution in [3.05, 3.63) is 27.5 Å². The average Bonchev–Trinajstić information content (AvgIpc) is 2.93. The molecule has 2 rings (SSSR count). The minimum atomic E-state index is -0.485. The lowest BCUT2D eigenvalue weighted by Crippen LogP contribution is -2.15. The van der Waals surface area contributed by atoms with Crippen molar-refractivity contribution in [3.8, 4) is 0 Å². The molecule has 0 aromatic carbocycles. The zero-order chi connectivity index (χ0) is 16.8. The van der Waals surface area contributed by atoms with Gasteiger partial charge in [0.05, 0.1) is 18.6 Å². The van der Waals surface area contributed by atoms with Crippen LogP contribution in [0, 0.1) is 0 Å². The van der Waals surface area contributed by atoms with Gasteiger partial charge in [-0.1, -0.05) is 23.1 Å². The summed E-state index contributed by atoms with van der Waals surface area (Å²) in [4.78, 5) is 45.1. The largest absolute Gasteiger partial charge is 0.462 e. The summed E-state index contributed by atoms with van der Waals surface area (Å²) in [6, 6.07) is 1.15. The second kappa shape index (κ2) is 7.74. The summed E-state index contributed by atoms with van der Waals surface area (Å²) in [7, 11) is 0. The number of aromatic amines is 1. The van der Waals surface area contributed by atoms with Crippen LogP contribution in [0.4, 0.5) is 10.9 Å². The number of thioether (sulfide) groups is 1. The van der Waals surface area contributed by atoms with E-state index in [-0.39, 0.29) is 39.9 Å². The molecular formula is C12H13N5O4S2. The highest BCUT2D eigenvalue weighted by molar-refractivity contribution is 7.99. The maximum absolute atomic E-state index is 11.8. The van der Waals surface area contributed by atoms with Crippen LogP contribution in [0.15, 0.2) is 22.2 Å². The number of anilines is 2. The molecule has 0 spiro atoms. The molecule has 0 saturated heterocycles. The van der Waals surface area contributed by atoms with Gasteiger partial charge in [0.2, 0.25) is 5.91 Å².